The molecule has 0 radical (unpaired) electrons. The molecule has 1 aliphatic rings. The number of rotatable bonds is 5. The number of aryl methyl sites for hydroxylation is 2. The summed E-state index contributed by atoms with van der Waals surface area (Å²) in [7, 11) is 0. The molecule has 0 spiro atoms. The molecular weight excluding hydrogens is 269 g/mol. The lowest BCUT2D eigenvalue weighted by Gasteiger charge is -2.40. The van der Waals surface area contributed by atoms with E-state index in [0.717, 1.165) is 31.9 Å². The molecule has 3 rings (SSSR count). The second-order valence-electron chi connectivity index (χ2n) is 5.43. The molecule has 0 aromatic carbocycles. The van der Waals surface area contributed by atoms with Crippen LogP contribution in [-0.4, -0.2) is 32.6 Å². The summed E-state index contributed by atoms with van der Waals surface area (Å²) >= 11 is 0. The SMILES string of the molecule is CCc1ncnc(N2CC(Cn3ccnc3CC)C2)c1F. The molecule has 2 aromatic heterocycles. The van der Waals surface area contributed by atoms with Crippen molar-refractivity contribution >= 4 is 5.82 Å². The second-order valence-corrected chi connectivity index (χ2v) is 5.43. The third kappa shape index (κ3) is 2.62. The Bertz CT molecular complexity index is 618. The Kier molecular flexibility index (Phi) is 3.86. The van der Waals surface area contributed by atoms with Gasteiger partial charge in [0, 0.05) is 44.4 Å². The van der Waals surface area contributed by atoms with Crippen molar-refractivity contribution in [3.63, 3.8) is 0 Å². The van der Waals surface area contributed by atoms with Crippen LogP contribution in [0.5, 0.6) is 0 Å². The molecule has 21 heavy (non-hydrogen) atoms. The monoisotopic (exact) mass is 289 g/mol. The highest BCUT2D eigenvalue weighted by molar-refractivity contribution is 5.43. The number of nitrogens with zero attached hydrogens (tertiary/aromatic N) is 5. The molecule has 0 aliphatic carbocycles. The molecule has 0 bridgehead atoms. The molecule has 0 amide bonds. The fourth-order valence-corrected chi connectivity index (χ4v) is 2.82. The smallest absolute Gasteiger partial charge is 0.187 e. The largest absolute Gasteiger partial charge is 0.353 e. The van der Waals surface area contributed by atoms with Gasteiger partial charge in [0.05, 0.1) is 5.69 Å². The lowest BCUT2D eigenvalue weighted by molar-refractivity contribution is 0.346. The predicted molar refractivity (Wildman–Crippen MR) is 78.7 cm³/mol. The maximum absolute atomic E-state index is 14.2. The van der Waals surface area contributed by atoms with E-state index in [2.05, 4.69) is 26.4 Å². The fourth-order valence-electron chi connectivity index (χ4n) is 2.82. The lowest BCUT2D eigenvalue weighted by Crippen LogP contribution is -2.49. The zero-order valence-electron chi connectivity index (χ0n) is 12.5. The molecule has 5 nitrogen and oxygen atoms in total. The lowest BCUT2D eigenvalue weighted by atomic mass is 10.00. The van der Waals surface area contributed by atoms with Gasteiger partial charge in [-0.3, -0.25) is 0 Å². The van der Waals surface area contributed by atoms with E-state index in [4.69, 9.17) is 0 Å². The highest BCUT2D eigenvalue weighted by atomic mass is 19.1. The molecule has 2 aromatic rings. The third-order valence-electron chi connectivity index (χ3n) is 4.01. The van der Waals surface area contributed by atoms with Crippen LogP contribution in [-0.2, 0) is 19.4 Å². The Balaban J connectivity index is 1.63. The predicted octanol–water partition coefficient (Wildman–Crippen LogP) is 2.07. The normalized spacial score (nSPS) is 15.3. The van der Waals surface area contributed by atoms with Crippen molar-refractivity contribution in [2.75, 3.05) is 18.0 Å². The number of anilines is 1. The maximum Gasteiger partial charge on any atom is 0.187 e. The minimum atomic E-state index is -0.268. The van der Waals surface area contributed by atoms with Gasteiger partial charge >= 0.3 is 0 Å². The summed E-state index contributed by atoms with van der Waals surface area (Å²) in [6, 6.07) is 0. The molecule has 0 atom stereocenters. The van der Waals surface area contributed by atoms with Gasteiger partial charge < -0.3 is 9.47 Å². The maximum atomic E-state index is 14.2. The zero-order valence-corrected chi connectivity index (χ0v) is 12.5. The van der Waals surface area contributed by atoms with Crippen molar-refractivity contribution in [1.29, 1.82) is 0 Å². The van der Waals surface area contributed by atoms with Crippen LogP contribution in [0.4, 0.5) is 10.2 Å². The Morgan fingerprint density at radius 3 is 2.71 bits per heavy atom. The van der Waals surface area contributed by atoms with E-state index in [1.54, 1.807) is 0 Å². The highest BCUT2D eigenvalue weighted by Gasteiger charge is 2.30. The van der Waals surface area contributed by atoms with E-state index >= 15 is 0 Å². The van der Waals surface area contributed by atoms with Gasteiger partial charge in [0.25, 0.3) is 0 Å². The van der Waals surface area contributed by atoms with Crippen LogP contribution in [0, 0.1) is 11.7 Å². The van der Waals surface area contributed by atoms with Crippen LogP contribution in [0.2, 0.25) is 0 Å². The van der Waals surface area contributed by atoms with Gasteiger partial charge in [-0.15, -0.1) is 0 Å². The fraction of sp³-hybridized carbons (Fsp3) is 0.533. The summed E-state index contributed by atoms with van der Waals surface area (Å²) in [4.78, 5) is 14.4. The molecule has 3 heterocycles. The zero-order chi connectivity index (χ0) is 14.8. The van der Waals surface area contributed by atoms with Gasteiger partial charge in [0.1, 0.15) is 12.2 Å². The number of halogens is 1. The first-order chi connectivity index (χ1) is 10.2. The molecule has 0 N–H and O–H groups in total. The molecule has 1 saturated heterocycles. The first-order valence-corrected chi connectivity index (χ1v) is 7.47. The van der Waals surface area contributed by atoms with Crippen molar-refractivity contribution in [2.45, 2.75) is 33.2 Å². The number of aromatic nitrogens is 4. The molecule has 0 unspecified atom stereocenters. The quantitative estimate of drug-likeness (QED) is 0.845. The molecule has 1 aliphatic heterocycles. The van der Waals surface area contributed by atoms with Gasteiger partial charge in [-0.1, -0.05) is 13.8 Å². The van der Waals surface area contributed by atoms with Crippen molar-refractivity contribution < 1.29 is 4.39 Å². The van der Waals surface area contributed by atoms with Crippen LogP contribution in [0.1, 0.15) is 25.4 Å². The summed E-state index contributed by atoms with van der Waals surface area (Å²) in [6.07, 6.45) is 6.84. The molecule has 1 fully saturated rings. The Morgan fingerprint density at radius 2 is 2.00 bits per heavy atom. The Hall–Kier alpha value is -1.98. The summed E-state index contributed by atoms with van der Waals surface area (Å²) in [5.41, 5.74) is 0.492. The molecule has 6 heteroatoms. The molecule has 0 saturated carbocycles. The average Bonchev–Trinajstić information content (AvgIpc) is 2.90. The first-order valence-electron chi connectivity index (χ1n) is 7.47. The van der Waals surface area contributed by atoms with Gasteiger partial charge in [0.15, 0.2) is 11.6 Å². The standard InChI is InChI=1S/C15H20FN5/c1-3-12-14(16)15(19-10-18-12)21-8-11(9-21)7-20-6-5-17-13(20)4-2/h5-6,10-11H,3-4,7-9H2,1-2H3. The van der Waals surface area contributed by atoms with Gasteiger partial charge in [-0.2, -0.15) is 0 Å². The van der Waals surface area contributed by atoms with Crippen LogP contribution < -0.4 is 4.90 Å². The molecule has 112 valence electrons. The van der Waals surface area contributed by atoms with Crippen molar-refractivity contribution in [3.05, 3.63) is 36.1 Å². The van der Waals surface area contributed by atoms with E-state index < -0.39 is 0 Å². The Morgan fingerprint density at radius 1 is 1.19 bits per heavy atom. The van der Waals surface area contributed by atoms with E-state index in [-0.39, 0.29) is 5.82 Å². The van der Waals surface area contributed by atoms with Crippen LogP contribution in [0.25, 0.3) is 0 Å². The highest BCUT2D eigenvalue weighted by Crippen LogP contribution is 2.27. The minimum Gasteiger partial charge on any atom is -0.353 e. The van der Waals surface area contributed by atoms with Crippen LogP contribution in [0.3, 0.4) is 0 Å². The summed E-state index contributed by atoms with van der Waals surface area (Å²) < 4.78 is 16.4. The van der Waals surface area contributed by atoms with Crippen molar-refractivity contribution in [1.82, 2.24) is 19.5 Å². The third-order valence-corrected chi connectivity index (χ3v) is 4.01. The number of imidazole rings is 1. The van der Waals surface area contributed by atoms with Crippen LogP contribution >= 0.6 is 0 Å². The summed E-state index contributed by atoms with van der Waals surface area (Å²) in [6.45, 7) is 6.61. The minimum absolute atomic E-state index is 0.268. The van der Waals surface area contributed by atoms with Crippen molar-refractivity contribution in [2.24, 2.45) is 5.92 Å². The van der Waals surface area contributed by atoms with E-state index in [0.29, 0.717) is 23.9 Å². The molecular formula is C15H20FN5. The van der Waals surface area contributed by atoms with E-state index in [1.165, 1.54) is 6.33 Å². The van der Waals surface area contributed by atoms with E-state index in [9.17, 15) is 4.39 Å². The van der Waals surface area contributed by atoms with E-state index in [1.807, 2.05) is 24.2 Å². The first kappa shape index (κ1) is 14.0. The summed E-state index contributed by atoms with van der Waals surface area (Å²) in [5.74, 6) is 1.80. The van der Waals surface area contributed by atoms with Crippen molar-refractivity contribution in [3.8, 4) is 0 Å². The average molecular weight is 289 g/mol. The summed E-state index contributed by atoms with van der Waals surface area (Å²) in [5, 5.41) is 0. The topological polar surface area (TPSA) is 46.8 Å². The Labute approximate surface area is 123 Å². The number of hydrogen-bond acceptors (Lipinski definition) is 4. The second kappa shape index (κ2) is 5.79. The van der Waals surface area contributed by atoms with Gasteiger partial charge in [-0.25, -0.2) is 19.3 Å². The van der Waals surface area contributed by atoms with Gasteiger partial charge in [-0.05, 0) is 6.42 Å². The van der Waals surface area contributed by atoms with Crippen LogP contribution in [0.15, 0.2) is 18.7 Å². The number of hydrogen-bond donors (Lipinski definition) is 0. The van der Waals surface area contributed by atoms with Gasteiger partial charge in [0.2, 0.25) is 0 Å².